The molecule has 0 radical (unpaired) electrons. The van der Waals surface area contributed by atoms with Crippen LogP contribution in [0.4, 0.5) is 0 Å². The van der Waals surface area contributed by atoms with Gasteiger partial charge in [0, 0.05) is 39.1 Å². The number of carbonyl (C=O) groups excluding carboxylic acids is 2. The molecule has 30 heavy (non-hydrogen) atoms. The summed E-state index contributed by atoms with van der Waals surface area (Å²) < 4.78 is 0. The Hall–Kier alpha value is -2.66. The Balaban J connectivity index is 1.85. The van der Waals surface area contributed by atoms with E-state index in [9.17, 15) is 9.59 Å². The molecule has 0 bridgehead atoms. The second-order valence-electron chi connectivity index (χ2n) is 8.27. The number of amides is 2. The van der Waals surface area contributed by atoms with E-state index >= 15 is 0 Å². The quantitative estimate of drug-likeness (QED) is 0.730. The maximum Gasteiger partial charge on any atom is 0.227 e. The fourth-order valence-corrected chi connectivity index (χ4v) is 4.21. The van der Waals surface area contributed by atoms with E-state index in [-0.39, 0.29) is 17.7 Å². The number of rotatable bonds is 8. The summed E-state index contributed by atoms with van der Waals surface area (Å²) in [5, 5.41) is 0. The molecular formula is C25H33N3O2. The van der Waals surface area contributed by atoms with Gasteiger partial charge < -0.3 is 15.5 Å². The number of primary amides is 1. The van der Waals surface area contributed by atoms with Gasteiger partial charge in [0.15, 0.2) is 0 Å². The summed E-state index contributed by atoms with van der Waals surface area (Å²) in [5.74, 6) is -0.201. The van der Waals surface area contributed by atoms with E-state index in [1.165, 1.54) is 22.3 Å². The fourth-order valence-electron chi connectivity index (χ4n) is 4.21. The van der Waals surface area contributed by atoms with E-state index in [4.69, 9.17) is 5.73 Å². The zero-order chi connectivity index (χ0) is 21.5. The Bertz CT molecular complexity index is 863. The predicted molar refractivity (Wildman–Crippen MR) is 121 cm³/mol. The minimum absolute atomic E-state index is 0.126. The van der Waals surface area contributed by atoms with E-state index < -0.39 is 0 Å². The lowest BCUT2D eigenvalue weighted by Gasteiger charge is -2.24. The molecule has 5 nitrogen and oxygen atoms in total. The van der Waals surface area contributed by atoms with Crippen LogP contribution in [-0.4, -0.2) is 54.3 Å². The van der Waals surface area contributed by atoms with Gasteiger partial charge in [0.2, 0.25) is 11.8 Å². The van der Waals surface area contributed by atoms with Crippen LogP contribution in [0.3, 0.4) is 0 Å². The van der Waals surface area contributed by atoms with Crippen molar-refractivity contribution in [1.29, 1.82) is 0 Å². The number of nitrogens with two attached hydrogens (primary N) is 1. The van der Waals surface area contributed by atoms with Crippen LogP contribution in [-0.2, 0) is 16.0 Å². The monoisotopic (exact) mass is 407 g/mol. The van der Waals surface area contributed by atoms with Crippen LogP contribution in [0, 0.1) is 12.8 Å². The third-order valence-corrected chi connectivity index (χ3v) is 5.84. The molecule has 2 amide bonds. The van der Waals surface area contributed by atoms with Crippen LogP contribution in [0.1, 0.15) is 30.9 Å². The number of benzene rings is 2. The molecule has 5 heteroatoms. The summed E-state index contributed by atoms with van der Waals surface area (Å²) in [6, 6.07) is 16.9. The number of carbonyl (C=O) groups is 2. The molecule has 0 saturated carbocycles. The Kier molecular flexibility index (Phi) is 7.63. The summed E-state index contributed by atoms with van der Waals surface area (Å²) in [7, 11) is 0. The Morgan fingerprint density at radius 2 is 1.80 bits per heavy atom. The molecule has 1 aliphatic rings. The zero-order valence-corrected chi connectivity index (χ0v) is 18.1. The number of nitrogens with zero attached hydrogens (tertiary/aromatic N) is 2. The number of hydrogen-bond acceptors (Lipinski definition) is 3. The van der Waals surface area contributed by atoms with Gasteiger partial charge in [-0.15, -0.1) is 0 Å². The molecule has 3 rings (SSSR count). The SMILES string of the molecule is CCCN1CCN(CCC(N)=O)C[C@H](Cc2ccccc2-c2ccc(C)cc2)C1=O. The summed E-state index contributed by atoms with van der Waals surface area (Å²) in [6.07, 6.45) is 1.96. The third kappa shape index (κ3) is 5.70. The van der Waals surface area contributed by atoms with Crippen LogP contribution >= 0.6 is 0 Å². The summed E-state index contributed by atoms with van der Waals surface area (Å²) in [6.45, 7) is 7.73. The van der Waals surface area contributed by atoms with Crippen molar-refractivity contribution >= 4 is 11.8 Å². The first kappa shape index (κ1) is 22.0. The molecule has 1 aliphatic heterocycles. The molecule has 0 unspecified atom stereocenters. The lowest BCUT2D eigenvalue weighted by molar-refractivity contribution is -0.134. The number of hydrogen-bond donors (Lipinski definition) is 1. The van der Waals surface area contributed by atoms with Gasteiger partial charge in [-0.2, -0.15) is 0 Å². The first-order chi connectivity index (χ1) is 14.5. The minimum atomic E-state index is -0.294. The van der Waals surface area contributed by atoms with Crippen molar-refractivity contribution in [3.63, 3.8) is 0 Å². The first-order valence-corrected chi connectivity index (χ1v) is 10.9. The van der Waals surface area contributed by atoms with Gasteiger partial charge in [0.05, 0.1) is 5.92 Å². The standard InChI is InChI=1S/C25H33N3O2/c1-3-13-28-16-15-27(14-12-24(26)29)18-22(25(28)30)17-21-6-4-5-7-23(21)20-10-8-19(2)9-11-20/h4-11,22H,3,12-18H2,1-2H3,(H2,26,29)/t22-/m0/s1. The van der Waals surface area contributed by atoms with E-state index in [2.05, 4.69) is 61.2 Å². The maximum atomic E-state index is 13.3. The normalized spacial score (nSPS) is 17.7. The third-order valence-electron chi connectivity index (χ3n) is 5.84. The van der Waals surface area contributed by atoms with E-state index in [1.54, 1.807) is 0 Å². The molecule has 2 N–H and O–H groups in total. The van der Waals surface area contributed by atoms with Crippen molar-refractivity contribution in [2.45, 2.75) is 33.1 Å². The topological polar surface area (TPSA) is 66.6 Å². The van der Waals surface area contributed by atoms with Gasteiger partial charge >= 0.3 is 0 Å². The highest BCUT2D eigenvalue weighted by Crippen LogP contribution is 2.27. The molecular weight excluding hydrogens is 374 g/mol. The van der Waals surface area contributed by atoms with Crippen molar-refractivity contribution in [1.82, 2.24) is 9.80 Å². The maximum absolute atomic E-state index is 13.3. The Morgan fingerprint density at radius 3 is 2.50 bits per heavy atom. The average Bonchev–Trinajstić information content (AvgIpc) is 2.88. The van der Waals surface area contributed by atoms with Crippen LogP contribution in [0.15, 0.2) is 48.5 Å². The molecule has 160 valence electrons. The summed E-state index contributed by atoms with van der Waals surface area (Å²) in [4.78, 5) is 28.8. The highest BCUT2D eigenvalue weighted by molar-refractivity contribution is 5.80. The summed E-state index contributed by atoms with van der Waals surface area (Å²) >= 11 is 0. The molecule has 1 fully saturated rings. The molecule has 0 aromatic heterocycles. The van der Waals surface area contributed by atoms with E-state index in [0.29, 0.717) is 32.5 Å². The fraction of sp³-hybridized carbons (Fsp3) is 0.440. The molecule has 1 saturated heterocycles. The Morgan fingerprint density at radius 1 is 1.07 bits per heavy atom. The summed E-state index contributed by atoms with van der Waals surface area (Å²) in [5.41, 5.74) is 10.1. The van der Waals surface area contributed by atoms with Crippen molar-refractivity contribution in [3.05, 3.63) is 59.7 Å². The smallest absolute Gasteiger partial charge is 0.227 e. The molecule has 1 atom stereocenters. The lowest BCUT2D eigenvalue weighted by Crippen LogP contribution is -2.38. The molecule has 2 aromatic carbocycles. The molecule has 0 aliphatic carbocycles. The van der Waals surface area contributed by atoms with E-state index in [0.717, 1.165) is 19.5 Å². The van der Waals surface area contributed by atoms with Gasteiger partial charge in [0.25, 0.3) is 0 Å². The van der Waals surface area contributed by atoms with E-state index in [1.807, 2.05) is 11.0 Å². The molecule has 1 heterocycles. The molecule has 0 spiro atoms. The number of aryl methyl sites for hydroxylation is 1. The highest BCUT2D eigenvalue weighted by Gasteiger charge is 2.30. The van der Waals surface area contributed by atoms with Crippen LogP contribution in [0.25, 0.3) is 11.1 Å². The second kappa shape index (κ2) is 10.4. The highest BCUT2D eigenvalue weighted by atomic mass is 16.2. The molecule has 2 aromatic rings. The van der Waals surface area contributed by atoms with Crippen LogP contribution < -0.4 is 5.73 Å². The predicted octanol–water partition coefficient (Wildman–Crippen LogP) is 3.25. The first-order valence-electron chi connectivity index (χ1n) is 10.9. The van der Waals surface area contributed by atoms with Gasteiger partial charge in [-0.25, -0.2) is 0 Å². The van der Waals surface area contributed by atoms with Gasteiger partial charge in [-0.1, -0.05) is 61.0 Å². The van der Waals surface area contributed by atoms with Gasteiger partial charge in [0.1, 0.15) is 0 Å². The van der Waals surface area contributed by atoms with Crippen molar-refractivity contribution in [3.8, 4) is 11.1 Å². The van der Waals surface area contributed by atoms with Gasteiger partial charge in [-0.05, 0) is 36.5 Å². The Labute approximate surface area is 179 Å². The zero-order valence-electron chi connectivity index (χ0n) is 18.1. The second-order valence-corrected chi connectivity index (χ2v) is 8.27. The lowest BCUT2D eigenvalue weighted by atomic mass is 9.91. The van der Waals surface area contributed by atoms with Crippen molar-refractivity contribution in [2.75, 3.05) is 32.7 Å². The van der Waals surface area contributed by atoms with Crippen LogP contribution in [0.5, 0.6) is 0 Å². The van der Waals surface area contributed by atoms with Crippen molar-refractivity contribution < 1.29 is 9.59 Å². The van der Waals surface area contributed by atoms with Gasteiger partial charge in [-0.3, -0.25) is 9.59 Å². The van der Waals surface area contributed by atoms with Crippen molar-refractivity contribution in [2.24, 2.45) is 11.7 Å². The largest absolute Gasteiger partial charge is 0.370 e. The average molecular weight is 408 g/mol. The van der Waals surface area contributed by atoms with Crippen LogP contribution in [0.2, 0.25) is 0 Å². The minimum Gasteiger partial charge on any atom is -0.370 e.